The fourth-order valence-electron chi connectivity index (χ4n) is 2.57. The maximum Gasteiger partial charge on any atom is 0.234 e. The number of fused-ring (bicyclic) bond motifs is 1. The Balaban J connectivity index is 1.83. The minimum absolute atomic E-state index is 0.0115. The van der Waals surface area contributed by atoms with Crippen LogP contribution in [0.5, 0.6) is 0 Å². The molecule has 0 radical (unpaired) electrons. The molecule has 2 aromatic carbocycles. The van der Waals surface area contributed by atoms with Crippen LogP contribution in [0, 0.1) is 0 Å². The summed E-state index contributed by atoms with van der Waals surface area (Å²) in [4.78, 5) is 14.2. The van der Waals surface area contributed by atoms with E-state index in [2.05, 4.69) is 6.07 Å². The number of nitrogens with zero attached hydrogens (tertiary/aromatic N) is 1. The number of carbonyl (C=O) groups is 1. The first-order valence-electron chi connectivity index (χ1n) is 6.38. The van der Waals surface area contributed by atoms with E-state index in [1.807, 2.05) is 42.5 Å². The van der Waals surface area contributed by atoms with Gasteiger partial charge in [0.05, 0.1) is 5.92 Å². The van der Waals surface area contributed by atoms with Gasteiger partial charge in [0.2, 0.25) is 5.91 Å². The summed E-state index contributed by atoms with van der Waals surface area (Å²) in [6.07, 6.45) is 0.835. The third-order valence-corrected chi connectivity index (χ3v) is 3.74. The lowest BCUT2D eigenvalue weighted by Gasteiger charge is -2.32. The Morgan fingerprint density at radius 1 is 1.21 bits per heavy atom. The molecule has 0 saturated heterocycles. The number of nitrogens with two attached hydrogens (primary N) is 1. The van der Waals surface area contributed by atoms with Gasteiger partial charge in [-0.1, -0.05) is 30.3 Å². The number of benzene rings is 2. The van der Waals surface area contributed by atoms with E-state index in [9.17, 15) is 4.79 Å². The van der Waals surface area contributed by atoms with Crippen molar-refractivity contribution in [2.24, 2.45) is 0 Å². The molecule has 1 aliphatic carbocycles. The van der Waals surface area contributed by atoms with Crippen LogP contribution >= 0.6 is 0 Å². The van der Waals surface area contributed by atoms with E-state index in [0.717, 1.165) is 17.7 Å². The van der Waals surface area contributed by atoms with Gasteiger partial charge in [-0.05, 0) is 35.7 Å². The highest BCUT2D eigenvalue weighted by molar-refractivity contribution is 5.99. The number of likely N-dealkylation sites (N-methyl/N-ethyl adjacent to an activating group) is 1. The molecule has 3 nitrogen and oxygen atoms in total. The van der Waals surface area contributed by atoms with E-state index in [0.29, 0.717) is 5.69 Å². The van der Waals surface area contributed by atoms with Gasteiger partial charge in [0.25, 0.3) is 0 Å². The highest BCUT2D eigenvalue weighted by Gasteiger charge is 2.33. The summed E-state index contributed by atoms with van der Waals surface area (Å²) in [6, 6.07) is 15.5. The van der Waals surface area contributed by atoms with Crippen molar-refractivity contribution in [1.29, 1.82) is 0 Å². The molecule has 19 heavy (non-hydrogen) atoms. The van der Waals surface area contributed by atoms with Crippen LogP contribution in [-0.2, 0) is 11.2 Å². The molecule has 2 N–H and O–H groups in total. The van der Waals surface area contributed by atoms with Crippen molar-refractivity contribution < 1.29 is 4.79 Å². The fourth-order valence-corrected chi connectivity index (χ4v) is 2.57. The number of nitrogen functional groups attached to an aromatic ring is 1. The number of amides is 1. The van der Waals surface area contributed by atoms with Crippen LogP contribution in [0.15, 0.2) is 48.5 Å². The van der Waals surface area contributed by atoms with Gasteiger partial charge in [-0.25, -0.2) is 0 Å². The molecule has 2 aromatic rings. The Morgan fingerprint density at radius 2 is 2.00 bits per heavy atom. The summed E-state index contributed by atoms with van der Waals surface area (Å²) in [5.74, 6) is 0.118. The van der Waals surface area contributed by atoms with Crippen molar-refractivity contribution >= 4 is 17.3 Å². The maximum atomic E-state index is 12.5. The zero-order valence-electron chi connectivity index (χ0n) is 10.8. The molecule has 0 saturated carbocycles. The molecule has 1 amide bonds. The Bertz CT molecular complexity index is 636. The topological polar surface area (TPSA) is 46.3 Å². The maximum absolute atomic E-state index is 12.5. The van der Waals surface area contributed by atoms with E-state index < -0.39 is 0 Å². The largest absolute Gasteiger partial charge is 0.399 e. The smallest absolute Gasteiger partial charge is 0.234 e. The van der Waals surface area contributed by atoms with Gasteiger partial charge < -0.3 is 10.6 Å². The molecule has 0 heterocycles. The molecular formula is C16H16N2O. The fraction of sp³-hybridized carbons (Fsp3) is 0.188. The first kappa shape index (κ1) is 11.8. The zero-order chi connectivity index (χ0) is 13.4. The highest BCUT2D eigenvalue weighted by atomic mass is 16.2. The van der Waals surface area contributed by atoms with Crippen molar-refractivity contribution in [3.63, 3.8) is 0 Å². The van der Waals surface area contributed by atoms with E-state index in [-0.39, 0.29) is 11.8 Å². The average Bonchev–Trinajstić information content (AvgIpc) is 2.39. The molecule has 0 spiro atoms. The Labute approximate surface area is 112 Å². The minimum Gasteiger partial charge on any atom is -0.399 e. The minimum atomic E-state index is -0.0115. The second-order valence-corrected chi connectivity index (χ2v) is 4.95. The van der Waals surface area contributed by atoms with Crippen LogP contribution in [-0.4, -0.2) is 13.0 Å². The molecule has 0 fully saturated rings. The Kier molecular flexibility index (Phi) is 2.75. The average molecular weight is 252 g/mol. The number of hydrogen-bond donors (Lipinski definition) is 1. The molecule has 0 aromatic heterocycles. The van der Waals surface area contributed by atoms with Crippen LogP contribution in [0.2, 0.25) is 0 Å². The van der Waals surface area contributed by atoms with Crippen molar-refractivity contribution in [1.82, 2.24) is 0 Å². The number of carbonyl (C=O) groups excluding carboxylic acids is 1. The van der Waals surface area contributed by atoms with Gasteiger partial charge in [-0.3, -0.25) is 4.79 Å². The second kappa shape index (κ2) is 4.43. The summed E-state index contributed by atoms with van der Waals surface area (Å²) in [6.45, 7) is 0. The van der Waals surface area contributed by atoms with Crippen LogP contribution in [0.1, 0.15) is 17.0 Å². The van der Waals surface area contributed by atoms with Gasteiger partial charge in [0.15, 0.2) is 0 Å². The van der Waals surface area contributed by atoms with Crippen molar-refractivity contribution in [2.75, 3.05) is 17.7 Å². The predicted molar refractivity (Wildman–Crippen MR) is 77.2 cm³/mol. The van der Waals surface area contributed by atoms with Crippen molar-refractivity contribution in [3.05, 3.63) is 59.7 Å². The summed E-state index contributed by atoms with van der Waals surface area (Å²) in [7, 11) is 1.80. The molecule has 96 valence electrons. The third-order valence-electron chi connectivity index (χ3n) is 3.74. The first-order chi connectivity index (χ1) is 9.16. The second-order valence-electron chi connectivity index (χ2n) is 4.95. The molecule has 1 aliphatic rings. The van der Waals surface area contributed by atoms with Crippen LogP contribution < -0.4 is 10.6 Å². The van der Waals surface area contributed by atoms with Crippen LogP contribution in [0.4, 0.5) is 11.4 Å². The van der Waals surface area contributed by atoms with E-state index in [4.69, 9.17) is 5.73 Å². The normalized spacial score (nSPS) is 16.4. The Morgan fingerprint density at radius 3 is 2.74 bits per heavy atom. The molecule has 1 unspecified atom stereocenters. The number of anilines is 2. The number of hydrogen-bond acceptors (Lipinski definition) is 2. The predicted octanol–water partition coefficient (Wildman–Crippen LogP) is 2.57. The standard InChI is InChI=1S/C16H16N2O/c1-18(13-7-4-6-12(17)10-13)16(19)15-9-11-5-2-3-8-14(11)15/h2-8,10,15H,9,17H2,1H3. The van der Waals surface area contributed by atoms with Gasteiger partial charge >= 0.3 is 0 Å². The summed E-state index contributed by atoms with van der Waals surface area (Å²) in [5.41, 5.74) is 9.71. The van der Waals surface area contributed by atoms with E-state index >= 15 is 0 Å². The van der Waals surface area contributed by atoms with Gasteiger partial charge in [0.1, 0.15) is 0 Å². The monoisotopic (exact) mass is 252 g/mol. The lowest BCUT2D eigenvalue weighted by Crippen LogP contribution is -2.37. The highest BCUT2D eigenvalue weighted by Crippen LogP contribution is 2.36. The lowest BCUT2D eigenvalue weighted by atomic mass is 9.77. The molecular weight excluding hydrogens is 236 g/mol. The third kappa shape index (κ3) is 1.97. The van der Waals surface area contributed by atoms with E-state index in [1.54, 1.807) is 11.9 Å². The molecule has 0 bridgehead atoms. The van der Waals surface area contributed by atoms with Crippen molar-refractivity contribution in [2.45, 2.75) is 12.3 Å². The van der Waals surface area contributed by atoms with Crippen LogP contribution in [0.25, 0.3) is 0 Å². The molecule has 1 atom stereocenters. The van der Waals surface area contributed by atoms with Gasteiger partial charge in [0, 0.05) is 18.4 Å². The summed E-state index contributed by atoms with van der Waals surface area (Å²) < 4.78 is 0. The van der Waals surface area contributed by atoms with Gasteiger partial charge in [-0.15, -0.1) is 0 Å². The van der Waals surface area contributed by atoms with Crippen LogP contribution in [0.3, 0.4) is 0 Å². The quantitative estimate of drug-likeness (QED) is 0.835. The first-order valence-corrected chi connectivity index (χ1v) is 6.38. The molecule has 0 aliphatic heterocycles. The summed E-state index contributed by atoms with van der Waals surface area (Å²) >= 11 is 0. The van der Waals surface area contributed by atoms with Crippen molar-refractivity contribution in [3.8, 4) is 0 Å². The van der Waals surface area contributed by atoms with Gasteiger partial charge in [-0.2, -0.15) is 0 Å². The lowest BCUT2D eigenvalue weighted by molar-refractivity contribution is -0.120. The SMILES string of the molecule is CN(C(=O)C1Cc2ccccc21)c1cccc(N)c1. The molecule has 3 heteroatoms. The number of rotatable bonds is 2. The summed E-state index contributed by atoms with van der Waals surface area (Å²) in [5, 5.41) is 0. The molecule has 3 rings (SSSR count). The van der Waals surface area contributed by atoms with E-state index in [1.165, 1.54) is 5.56 Å². The Hall–Kier alpha value is -2.29. The zero-order valence-corrected chi connectivity index (χ0v) is 10.8.